The Hall–Kier alpha value is -3.74. The molecule has 0 radical (unpaired) electrons. The number of nitrogens with zero attached hydrogens (tertiary/aromatic N) is 4. The van der Waals surface area contributed by atoms with Gasteiger partial charge in [-0.25, -0.2) is 32.2 Å². The Morgan fingerprint density at radius 1 is 1.17 bits per heavy atom. The van der Waals surface area contributed by atoms with Crippen LogP contribution in [0.25, 0.3) is 11.3 Å². The lowest BCUT2D eigenvalue weighted by Crippen LogP contribution is -2.36. The second-order valence-electron chi connectivity index (χ2n) is 8.68. The van der Waals surface area contributed by atoms with Crippen LogP contribution in [-0.2, 0) is 20.2 Å². The maximum absolute atomic E-state index is 14.9. The van der Waals surface area contributed by atoms with Gasteiger partial charge in [-0.3, -0.25) is 14.5 Å². The van der Waals surface area contributed by atoms with Crippen molar-refractivity contribution in [3.8, 4) is 17.1 Å². The van der Waals surface area contributed by atoms with E-state index in [2.05, 4.69) is 30.0 Å². The number of hydrogen-bond donors (Lipinski definition) is 2. The van der Waals surface area contributed by atoms with Crippen LogP contribution in [0.5, 0.6) is 5.88 Å². The van der Waals surface area contributed by atoms with Gasteiger partial charge in [0.1, 0.15) is 17.3 Å². The summed E-state index contributed by atoms with van der Waals surface area (Å²) in [6, 6.07) is 3.48. The van der Waals surface area contributed by atoms with Crippen molar-refractivity contribution in [3.05, 3.63) is 54.1 Å². The minimum Gasteiger partial charge on any atom is -0.477 e. The number of halogens is 2. The van der Waals surface area contributed by atoms with Crippen LogP contribution in [-0.4, -0.2) is 46.1 Å². The summed E-state index contributed by atoms with van der Waals surface area (Å²) in [5, 5.41) is 1.79. The van der Waals surface area contributed by atoms with Crippen molar-refractivity contribution in [3.63, 3.8) is 0 Å². The third-order valence-corrected chi connectivity index (χ3v) is 7.36. The summed E-state index contributed by atoms with van der Waals surface area (Å²) >= 11 is 0. The minimum atomic E-state index is -3.61. The highest BCUT2D eigenvalue weighted by Crippen LogP contribution is 2.31. The fourth-order valence-corrected chi connectivity index (χ4v) is 4.55. The summed E-state index contributed by atoms with van der Waals surface area (Å²) in [6.07, 6.45) is 5.14. The molecular weight excluding hydrogens is 494 g/mol. The average Bonchev–Trinajstić information content (AvgIpc) is 3.68. The molecule has 190 valence electrons. The maximum atomic E-state index is 14.9. The summed E-state index contributed by atoms with van der Waals surface area (Å²) in [5.74, 6) is -2.77. The van der Waals surface area contributed by atoms with Crippen LogP contribution >= 0.6 is 0 Å². The van der Waals surface area contributed by atoms with Gasteiger partial charge in [0.15, 0.2) is 0 Å². The Labute approximate surface area is 206 Å². The van der Waals surface area contributed by atoms with Crippen molar-refractivity contribution in [1.29, 1.82) is 0 Å². The van der Waals surface area contributed by atoms with Gasteiger partial charge >= 0.3 is 0 Å². The van der Waals surface area contributed by atoms with Crippen LogP contribution in [0.3, 0.4) is 0 Å². The van der Waals surface area contributed by atoms with E-state index >= 15 is 0 Å². The molecule has 0 atom stereocenters. The molecule has 0 aliphatic heterocycles. The van der Waals surface area contributed by atoms with Crippen LogP contribution in [0.4, 0.5) is 20.4 Å². The van der Waals surface area contributed by atoms with Crippen LogP contribution in [0, 0.1) is 11.6 Å². The SMILES string of the molecule is CCOc1cncc(-c2cc(F)c(NC(=O)C(C)(C)c3ccnc(NS(=O)(=O)C4CC4)n3)c(F)c2)n1. The predicted octanol–water partition coefficient (Wildman–Crippen LogP) is 3.43. The normalized spacial score (nSPS) is 13.8. The standard InChI is InChI=1S/C23H24F2N6O4S/c1-4-35-19-12-26-11-17(28-19)13-9-15(24)20(16(25)10-13)30-21(32)23(2,3)18-7-8-27-22(29-18)31-36(33,34)14-5-6-14/h7-12,14H,4-6H2,1-3H3,(H,30,32)(H,27,29,31). The van der Waals surface area contributed by atoms with E-state index in [4.69, 9.17) is 4.74 Å². The van der Waals surface area contributed by atoms with Gasteiger partial charge in [0.25, 0.3) is 0 Å². The lowest BCUT2D eigenvalue weighted by Gasteiger charge is -2.24. The van der Waals surface area contributed by atoms with Crippen LogP contribution < -0.4 is 14.8 Å². The number of rotatable bonds is 9. The second kappa shape index (κ2) is 9.72. The van der Waals surface area contributed by atoms with Crippen molar-refractivity contribution in [2.45, 2.75) is 44.3 Å². The van der Waals surface area contributed by atoms with Gasteiger partial charge in [-0.1, -0.05) is 0 Å². The smallest absolute Gasteiger partial charge is 0.237 e. The highest BCUT2D eigenvalue weighted by Gasteiger charge is 2.37. The second-order valence-corrected chi connectivity index (χ2v) is 10.6. The summed E-state index contributed by atoms with van der Waals surface area (Å²) in [5.41, 5.74) is -1.57. The monoisotopic (exact) mass is 518 g/mol. The number of nitrogens with one attached hydrogen (secondary N) is 2. The van der Waals surface area contributed by atoms with Crippen molar-refractivity contribution in [2.24, 2.45) is 0 Å². The van der Waals surface area contributed by atoms with Gasteiger partial charge in [-0.15, -0.1) is 0 Å². The topological polar surface area (TPSA) is 136 Å². The van der Waals surface area contributed by atoms with Crippen LogP contribution in [0.2, 0.25) is 0 Å². The first kappa shape index (κ1) is 25.4. The fraction of sp³-hybridized carbons (Fsp3) is 0.348. The molecule has 4 rings (SSSR count). The molecule has 2 aromatic heterocycles. The molecule has 3 aromatic rings. The molecule has 13 heteroatoms. The summed E-state index contributed by atoms with van der Waals surface area (Å²) in [6.45, 7) is 5.09. The van der Waals surface area contributed by atoms with Crippen LogP contribution in [0.15, 0.2) is 36.8 Å². The molecule has 1 saturated carbocycles. The molecule has 0 unspecified atom stereocenters. The van der Waals surface area contributed by atoms with Gasteiger partial charge in [0, 0.05) is 11.8 Å². The van der Waals surface area contributed by atoms with E-state index in [1.165, 1.54) is 38.5 Å². The number of amides is 1. The molecule has 2 heterocycles. The lowest BCUT2D eigenvalue weighted by molar-refractivity contribution is -0.120. The number of ether oxygens (including phenoxy) is 1. The first-order valence-corrected chi connectivity index (χ1v) is 12.7. The third-order valence-electron chi connectivity index (χ3n) is 5.54. The van der Waals surface area contributed by atoms with E-state index in [0.29, 0.717) is 19.4 Å². The molecule has 1 aliphatic carbocycles. The fourth-order valence-electron chi connectivity index (χ4n) is 3.28. The average molecular weight is 519 g/mol. The molecule has 10 nitrogen and oxygen atoms in total. The minimum absolute atomic E-state index is 0.111. The predicted molar refractivity (Wildman–Crippen MR) is 128 cm³/mol. The van der Waals surface area contributed by atoms with Crippen molar-refractivity contribution < 1.29 is 26.7 Å². The van der Waals surface area contributed by atoms with Gasteiger partial charge in [0.2, 0.25) is 27.8 Å². The number of sulfonamides is 1. The molecule has 0 spiro atoms. The number of hydrogen-bond acceptors (Lipinski definition) is 8. The number of anilines is 2. The number of carbonyl (C=O) groups is 1. The Bertz CT molecular complexity index is 1390. The van der Waals surface area contributed by atoms with Crippen molar-refractivity contribution in [2.75, 3.05) is 16.6 Å². The molecule has 1 fully saturated rings. The zero-order valence-electron chi connectivity index (χ0n) is 19.7. The van der Waals surface area contributed by atoms with Crippen molar-refractivity contribution in [1.82, 2.24) is 19.9 Å². The lowest BCUT2D eigenvalue weighted by atomic mass is 9.88. The highest BCUT2D eigenvalue weighted by molar-refractivity contribution is 7.93. The Morgan fingerprint density at radius 3 is 2.50 bits per heavy atom. The quantitative estimate of drug-likeness (QED) is 0.440. The summed E-state index contributed by atoms with van der Waals surface area (Å²) in [4.78, 5) is 29.2. The third kappa shape index (κ3) is 5.40. The van der Waals surface area contributed by atoms with Gasteiger partial charge in [0.05, 0.1) is 41.1 Å². The summed E-state index contributed by atoms with van der Waals surface area (Å²) in [7, 11) is -3.61. The number of aromatic nitrogens is 4. The molecule has 36 heavy (non-hydrogen) atoms. The number of benzene rings is 1. The largest absolute Gasteiger partial charge is 0.477 e. The Kier molecular flexibility index (Phi) is 6.85. The van der Waals surface area contributed by atoms with E-state index in [1.807, 2.05) is 0 Å². The zero-order chi connectivity index (χ0) is 26.1. The van der Waals surface area contributed by atoms with E-state index < -0.39 is 43.9 Å². The van der Waals surface area contributed by atoms with E-state index in [0.717, 1.165) is 12.1 Å². The van der Waals surface area contributed by atoms with E-state index in [-0.39, 0.29) is 28.8 Å². The molecule has 0 saturated heterocycles. The molecule has 2 N–H and O–H groups in total. The first-order valence-electron chi connectivity index (χ1n) is 11.1. The highest BCUT2D eigenvalue weighted by atomic mass is 32.2. The molecule has 1 amide bonds. The number of carbonyl (C=O) groups excluding carboxylic acids is 1. The Balaban J connectivity index is 1.55. The van der Waals surface area contributed by atoms with Gasteiger partial charge < -0.3 is 10.1 Å². The molecule has 1 aromatic carbocycles. The molecule has 1 aliphatic rings. The van der Waals surface area contributed by atoms with Gasteiger partial charge in [-0.2, -0.15) is 0 Å². The van der Waals surface area contributed by atoms with Crippen molar-refractivity contribution >= 4 is 27.6 Å². The molecule has 0 bridgehead atoms. The molecular formula is C23H24F2N6O4S. The van der Waals surface area contributed by atoms with Gasteiger partial charge in [-0.05, 0) is 51.8 Å². The Morgan fingerprint density at radius 2 is 1.86 bits per heavy atom. The summed E-state index contributed by atoms with van der Waals surface area (Å²) < 4.78 is 61.7. The van der Waals surface area contributed by atoms with Crippen LogP contribution in [0.1, 0.15) is 39.3 Å². The maximum Gasteiger partial charge on any atom is 0.237 e. The van der Waals surface area contributed by atoms with E-state index in [9.17, 15) is 22.0 Å². The first-order chi connectivity index (χ1) is 17.0. The van der Waals surface area contributed by atoms with E-state index in [1.54, 1.807) is 6.92 Å². The zero-order valence-corrected chi connectivity index (χ0v) is 20.6.